The Kier molecular flexibility index (Phi) is 2.18. The van der Waals surface area contributed by atoms with Crippen LogP contribution in [0.15, 0.2) is 24.4 Å². The number of hydrogen-bond donors (Lipinski definition) is 1. The lowest BCUT2D eigenvalue weighted by Crippen LogP contribution is -1.92. The van der Waals surface area contributed by atoms with Gasteiger partial charge in [-0.1, -0.05) is 11.3 Å². The predicted molar refractivity (Wildman–Crippen MR) is 63.2 cm³/mol. The molecule has 5 heteroatoms. The highest BCUT2D eigenvalue weighted by molar-refractivity contribution is 7.18. The van der Waals surface area contributed by atoms with Gasteiger partial charge in [-0.05, 0) is 23.8 Å². The molecule has 0 atom stereocenters. The average Bonchev–Trinajstić information content (AvgIpc) is 2.96. The Balaban J connectivity index is 2.00. The van der Waals surface area contributed by atoms with Crippen LogP contribution in [0.3, 0.4) is 0 Å². The van der Waals surface area contributed by atoms with E-state index in [9.17, 15) is 0 Å². The molecule has 0 amide bonds. The molecular formula is C11H10N2O2S. The second-order valence-corrected chi connectivity index (χ2v) is 4.38. The van der Waals surface area contributed by atoms with Crippen LogP contribution >= 0.6 is 11.3 Å². The Morgan fingerprint density at radius 2 is 2.19 bits per heavy atom. The molecule has 82 valence electrons. The minimum Gasteiger partial charge on any atom is -0.454 e. The number of nitrogens with one attached hydrogen (secondary N) is 1. The van der Waals surface area contributed by atoms with E-state index in [0.717, 1.165) is 27.1 Å². The zero-order chi connectivity index (χ0) is 11.0. The van der Waals surface area contributed by atoms with Gasteiger partial charge in [0, 0.05) is 13.2 Å². The van der Waals surface area contributed by atoms with E-state index in [4.69, 9.17) is 9.47 Å². The topological polar surface area (TPSA) is 43.4 Å². The average molecular weight is 234 g/mol. The summed E-state index contributed by atoms with van der Waals surface area (Å²) in [5.74, 6) is 1.61. The highest BCUT2D eigenvalue weighted by Crippen LogP contribution is 2.37. The number of rotatable bonds is 2. The third-order valence-electron chi connectivity index (χ3n) is 2.38. The van der Waals surface area contributed by atoms with E-state index in [0.29, 0.717) is 6.79 Å². The van der Waals surface area contributed by atoms with Crippen molar-refractivity contribution in [2.24, 2.45) is 0 Å². The third-order valence-corrected chi connectivity index (χ3v) is 3.44. The quantitative estimate of drug-likeness (QED) is 0.867. The molecule has 2 heterocycles. The monoisotopic (exact) mass is 234 g/mol. The molecule has 1 aliphatic heterocycles. The maximum Gasteiger partial charge on any atom is 0.231 e. The molecule has 1 N–H and O–H groups in total. The van der Waals surface area contributed by atoms with E-state index in [2.05, 4.69) is 10.3 Å². The van der Waals surface area contributed by atoms with Crippen molar-refractivity contribution in [1.82, 2.24) is 4.98 Å². The first-order valence-electron chi connectivity index (χ1n) is 4.90. The lowest BCUT2D eigenvalue weighted by Gasteiger charge is -1.99. The maximum atomic E-state index is 5.34. The summed E-state index contributed by atoms with van der Waals surface area (Å²) in [6.45, 7) is 0.309. The Bertz CT molecular complexity index is 524. The van der Waals surface area contributed by atoms with Gasteiger partial charge < -0.3 is 14.8 Å². The fourth-order valence-electron chi connectivity index (χ4n) is 1.57. The normalized spacial score (nSPS) is 12.8. The first kappa shape index (κ1) is 9.47. The van der Waals surface area contributed by atoms with Crippen LogP contribution in [0, 0.1) is 0 Å². The summed E-state index contributed by atoms with van der Waals surface area (Å²) >= 11 is 1.61. The van der Waals surface area contributed by atoms with Crippen molar-refractivity contribution >= 4 is 16.5 Å². The summed E-state index contributed by atoms with van der Waals surface area (Å²) in [4.78, 5) is 5.35. The van der Waals surface area contributed by atoms with Crippen LogP contribution in [0.1, 0.15) is 0 Å². The summed E-state index contributed by atoms with van der Waals surface area (Å²) in [5, 5.41) is 3.93. The number of benzene rings is 1. The summed E-state index contributed by atoms with van der Waals surface area (Å²) in [6, 6.07) is 5.92. The second kappa shape index (κ2) is 3.68. The lowest BCUT2D eigenvalue weighted by atomic mass is 10.2. The molecule has 0 spiro atoms. The zero-order valence-electron chi connectivity index (χ0n) is 8.69. The summed E-state index contributed by atoms with van der Waals surface area (Å²) in [6.07, 6.45) is 1.86. The maximum absolute atomic E-state index is 5.34. The van der Waals surface area contributed by atoms with E-state index in [1.807, 2.05) is 31.4 Å². The fraction of sp³-hybridized carbons (Fsp3) is 0.182. The molecule has 16 heavy (non-hydrogen) atoms. The van der Waals surface area contributed by atoms with E-state index < -0.39 is 0 Å². The highest BCUT2D eigenvalue weighted by atomic mass is 32.1. The summed E-state index contributed by atoms with van der Waals surface area (Å²) < 4.78 is 10.6. The van der Waals surface area contributed by atoms with Gasteiger partial charge >= 0.3 is 0 Å². The van der Waals surface area contributed by atoms with Crippen LogP contribution in [0.25, 0.3) is 10.4 Å². The number of thiazole rings is 1. The van der Waals surface area contributed by atoms with Crippen LogP contribution in [0.5, 0.6) is 11.5 Å². The first-order valence-corrected chi connectivity index (χ1v) is 5.72. The minimum atomic E-state index is 0.309. The van der Waals surface area contributed by atoms with Crippen molar-refractivity contribution in [3.8, 4) is 21.9 Å². The molecule has 0 unspecified atom stereocenters. The van der Waals surface area contributed by atoms with Gasteiger partial charge in [0.1, 0.15) is 0 Å². The molecule has 1 aromatic heterocycles. The van der Waals surface area contributed by atoms with Gasteiger partial charge in [-0.3, -0.25) is 0 Å². The molecule has 0 radical (unpaired) electrons. The number of ether oxygens (including phenoxy) is 2. The number of hydrogen-bond acceptors (Lipinski definition) is 5. The Morgan fingerprint density at radius 3 is 3.00 bits per heavy atom. The first-order chi connectivity index (χ1) is 7.86. The number of aromatic nitrogens is 1. The lowest BCUT2D eigenvalue weighted by molar-refractivity contribution is 0.174. The molecule has 0 aliphatic carbocycles. The third kappa shape index (κ3) is 1.49. The van der Waals surface area contributed by atoms with Crippen LogP contribution in [-0.2, 0) is 0 Å². The van der Waals surface area contributed by atoms with Crippen molar-refractivity contribution in [2.45, 2.75) is 0 Å². The molecule has 0 fully saturated rings. The molecule has 0 bridgehead atoms. The molecule has 2 aromatic rings. The van der Waals surface area contributed by atoms with Crippen LogP contribution < -0.4 is 14.8 Å². The summed E-state index contributed by atoms with van der Waals surface area (Å²) in [7, 11) is 1.86. The standard InChI is InChI=1S/C11H10N2O2S/c1-12-11-13-5-10(16-11)7-2-3-8-9(4-7)15-6-14-8/h2-5H,6H2,1H3,(H,12,13). The fourth-order valence-corrected chi connectivity index (χ4v) is 2.34. The second-order valence-electron chi connectivity index (χ2n) is 3.35. The van der Waals surface area contributed by atoms with Crippen molar-refractivity contribution in [3.05, 3.63) is 24.4 Å². The van der Waals surface area contributed by atoms with Gasteiger partial charge in [0.15, 0.2) is 16.6 Å². The van der Waals surface area contributed by atoms with Gasteiger partial charge in [0.25, 0.3) is 0 Å². The van der Waals surface area contributed by atoms with E-state index in [-0.39, 0.29) is 0 Å². The SMILES string of the molecule is CNc1ncc(-c2ccc3c(c2)OCO3)s1. The van der Waals surface area contributed by atoms with E-state index in [1.54, 1.807) is 11.3 Å². The Hall–Kier alpha value is -1.75. The van der Waals surface area contributed by atoms with Gasteiger partial charge in [-0.2, -0.15) is 0 Å². The van der Waals surface area contributed by atoms with Crippen molar-refractivity contribution in [3.63, 3.8) is 0 Å². The van der Waals surface area contributed by atoms with E-state index >= 15 is 0 Å². The van der Waals surface area contributed by atoms with Crippen LogP contribution in [0.2, 0.25) is 0 Å². The van der Waals surface area contributed by atoms with Crippen molar-refractivity contribution < 1.29 is 9.47 Å². The van der Waals surface area contributed by atoms with Gasteiger partial charge in [-0.15, -0.1) is 0 Å². The van der Waals surface area contributed by atoms with Gasteiger partial charge in [0.2, 0.25) is 6.79 Å². The van der Waals surface area contributed by atoms with Gasteiger partial charge in [0.05, 0.1) is 4.88 Å². The predicted octanol–water partition coefficient (Wildman–Crippen LogP) is 2.58. The van der Waals surface area contributed by atoms with Crippen molar-refractivity contribution in [1.29, 1.82) is 0 Å². The van der Waals surface area contributed by atoms with Crippen molar-refractivity contribution in [2.75, 3.05) is 19.2 Å². The smallest absolute Gasteiger partial charge is 0.231 e. The van der Waals surface area contributed by atoms with E-state index in [1.165, 1.54) is 0 Å². The van der Waals surface area contributed by atoms with Crippen LogP contribution in [0.4, 0.5) is 5.13 Å². The zero-order valence-corrected chi connectivity index (χ0v) is 9.50. The molecule has 1 aliphatic rings. The number of fused-ring (bicyclic) bond motifs is 1. The molecule has 0 saturated heterocycles. The molecule has 3 rings (SSSR count). The van der Waals surface area contributed by atoms with Crippen LogP contribution in [-0.4, -0.2) is 18.8 Å². The highest BCUT2D eigenvalue weighted by Gasteiger charge is 2.14. The molecule has 1 aromatic carbocycles. The molecular weight excluding hydrogens is 224 g/mol. The minimum absolute atomic E-state index is 0.309. The number of nitrogens with zero attached hydrogens (tertiary/aromatic N) is 1. The Labute approximate surface area is 96.8 Å². The van der Waals surface area contributed by atoms with Gasteiger partial charge in [-0.25, -0.2) is 4.98 Å². The molecule has 4 nitrogen and oxygen atoms in total. The molecule has 0 saturated carbocycles. The largest absolute Gasteiger partial charge is 0.454 e. The number of anilines is 1. The summed E-state index contributed by atoms with van der Waals surface area (Å²) in [5.41, 5.74) is 1.10. The Morgan fingerprint density at radius 1 is 1.31 bits per heavy atom.